The second-order valence-corrected chi connectivity index (χ2v) is 5.41. The maximum atomic E-state index is 12.0. The lowest BCUT2D eigenvalue weighted by Crippen LogP contribution is -2.28. The number of methoxy groups -OCH3 is 2. The van der Waals surface area contributed by atoms with E-state index in [2.05, 4.69) is 10.6 Å². The molecule has 0 saturated heterocycles. The van der Waals surface area contributed by atoms with Crippen LogP contribution in [0.15, 0.2) is 36.4 Å². The third kappa shape index (κ3) is 4.43. The summed E-state index contributed by atoms with van der Waals surface area (Å²) in [5.41, 5.74) is 1.24. The first-order valence-electron chi connectivity index (χ1n) is 6.75. The third-order valence-corrected chi connectivity index (χ3v) is 3.73. The average molecular weight is 355 g/mol. The van der Waals surface area contributed by atoms with Crippen LogP contribution in [-0.2, 0) is 6.54 Å². The van der Waals surface area contributed by atoms with Crippen LogP contribution in [0.5, 0.6) is 11.5 Å². The maximum absolute atomic E-state index is 12.0. The minimum Gasteiger partial charge on any atom is -0.493 e. The Morgan fingerprint density at radius 3 is 2.30 bits per heavy atom. The van der Waals surface area contributed by atoms with Gasteiger partial charge in [-0.3, -0.25) is 0 Å². The van der Waals surface area contributed by atoms with Gasteiger partial charge < -0.3 is 20.1 Å². The van der Waals surface area contributed by atoms with E-state index < -0.39 is 6.03 Å². The average Bonchev–Trinajstić information content (AvgIpc) is 2.56. The van der Waals surface area contributed by atoms with Crippen molar-refractivity contribution in [2.24, 2.45) is 0 Å². The Kier molecular flexibility index (Phi) is 5.96. The molecule has 0 bridgehead atoms. The number of nitrogens with one attached hydrogen (secondary N) is 2. The fraction of sp³-hybridized carbons (Fsp3) is 0.188. The molecule has 0 radical (unpaired) electrons. The summed E-state index contributed by atoms with van der Waals surface area (Å²) in [5, 5.41) is 6.10. The zero-order chi connectivity index (χ0) is 16.8. The van der Waals surface area contributed by atoms with Crippen molar-refractivity contribution in [3.05, 3.63) is 52.0 Å². The van der Waals surface area contributed by atoms with Crippen LogP contribution in [0, 0.1) is 0 Å². The highest BCUT2D eigenvalue weighted by Gasteiger charge is 2.10. The monoisotopic (exact) mass is 354 g/mol. The van der Waals surface area contributed by atoms with Gasteiger partial charge in [0.25, 0.3) is 0 Å². The molecule has 2 rings (SSSR count). The molecule has 0 unspecified atom stereocenters. The molecule has 0 fully saturated rings. The fourth-order valence-corrected chi connectivity index (χ4v) is 2.44. The summed E-state index contributed by atoms with van der Waals surface area (Å²) in [7, 11) is 3.12. The Morgan fingerprint density at radius 2 is 1.70 bits per heavy atom. The van der Waals surface area contributed by atoms with Crippen LogP contribution in [0.2, 0.25) is 10.0 Å². The first-order chi connectivity index (χ1) is 11.0. The molecule has 0 aliphatic rings. The molecule has 0 atom stereocenters. The molecule has 0 aromatic heterocycles. The number of anilines is 1. The van der Waals surface area contributed by atoms with E-state index in [0.717, 1.165) is 5.56 Å². The van der Waals surface area contributed by atoms with Gasteiger partial charge in [0.15, 0.2) is 11.5 Å². The van der Waals surface area contributed by atoms with Crippen LogP contribution in [-0.4, -0.2) is 20.3 Å². The topological polar surface area (TPSA) is 59.6 Å². The molecule has 122 valence electrons. The molecular weight excluding hydrogens is 339 g/mol. The highest BCUT2D eigenvalue weighted by molar-refractivity contribution is 6.39. The molecule has 0 aliphatic carbocycles. The summed E-state index contributed by atoms with van der Waals surface area (Å²) in [4.78, 5) is 12.0. The van der Waals surface area contributed by atoms with Crippen molar-refractivity contribution in [3.8, 4) is 11.5 Å². The van der Waals surface area contributed by atoms with E-state index in [-0.39, 0.29) is 0 Å². The summed E-state index contributed by atoms with van der Waals surface area (Å²) in [6.07, 6.45) is 0. The number of ether oxygens (including phenoxy) is 2. The first kappa shape index (κ1) is 17.2. The largest absolute Gasteiger partial charge is 0.493 e. The number of rotatable bonds is 5. The fourth-order valence-electron chi connectivity index (χ4n) is 1.95. The van der Waals surface area contributed by atoms with E-state index in [4.69, 9.17) is 32.7 Å². The molecule has 2 aromatic rings. The maximum Gasteiger partial charge on any atom is 0.319 e. The lowest BCUT2D eigenvalue weighted by Gasteiger charge is -2.12. The molecule has 0 aliphatic heterocycles. The van der Waals surface area contributed by atoms with Gasteiger partial charge in [-0.05, 0) is 29.8 Å². The van der Waals surface area contributed by atoms with Gasteiger partial charge in [-0.25, -0.2) is 4.79 Å². The van der Waals surface area contributed by atoms with Gasteiger partial charge in [0, 0.05) is 6.54 Å². The zero-order valence-corrected chi connectivity index (χ0v) is 14.2. The summed E-state index contributed by atoms with van der Waals surface area (Å²) in [6.45, 7) is 0.314. The van der Waals surface area contributed by atoms with Crippen molar-refractivity contribution in [1.29, 1.82) is 0 Å². The standard InChI is InChI=1S/C16H16Cl2N2O3/c1-22-13-7-6-10(8-14(13)23-2)9-19-16(21)20-15-11(17)4-3-5-12(15)18/h3-8H,9H2,1-2H3,(H2,19,20,21). The van der Waals surface area contributed by atoms with Gasteiger partial charge in [-0.2, -0.15) is 0 Å². The normalized spacial score (nSPS) is 10.1. The second kappa shape index (κ2) is 7.94. The zero-order valence-electron chi connectivity index (χ0n) is 12.7. The Bertz CT molecular complexity index is 687. The van der Waals surface area contributed by atoms with Gasteiger partial charge in [0.2, 0.25) is 0 Å². The Morgan fingerprint density at radius 1 is 1.04 bits per heavy atom. The molecule has 7 heteroatoms. The summed E-state index contributed by atoms with van der Waals surface area (Å²) in [6, 6.07) is 10.0. The van der Waals surface area contributed by atoms with Gasteiger partial charge in [-0.15, -0.1) is 0 Å². The Hall–Kier alpha value is -2.11. The Balaban J connectivity index is 1.99. The molecule has 0 heterocycles. The van der Waals surface area contributed by atoms with Crippen LogP contribution in [0.25, 0.3) is 0 Å². The first-order valence-corrected chi connectivity index (χ1v) is 7.50. The number of carbonyl (C=O) groups excluding carboxylic acids is 1. The molecular formula is C16H16Cl2N2O3. The number of urea groups is 1. The number of benzene rings is 2. The van der Waals surface area contributed by atoms with E-state index in [0.29, 0.717) is 33.8 Å². The van der Waals surface area contributed by atoms with Gasteiger partial charge in [0.05, 0.1) is 30.0 Å². The minimum absolute atomic E-state index is 0.314. The molecule has 0 saturated carbocycles. The Labute approximate surface area is 144 Å². The molecule has 2 amide bonds. The van der Waals surface area contributed by atoms with Crippen molar-refractivity contribution >= 4 is 34.9 Å². The van der Waals surface area contributed by atoms with Crippen LogP contribution in [0.4, 0.5) is 10.5 Å². The van der Waals surface area contributed by atoms with Gasteiger partial charge >= 0.3 is 6.03 Å². The van der Waals surface area contributed by atoms with Crippen molar-refractivity contribution in [2.45, 2.75) is 6.54 Å². The highest BCUT2D eigenvalue weighted by atomic mass is 35.5. The van der Waals surface area contributed by atoms with Crippen molar-refractivity contribution in [1.82, 2.24) is 5.32 Å². The molecule has 0 spiro atoms. The number of halogens is 2. The van der Waals surface area contributed by atoms with Crippen molar-refractivity contribution in [3.63, 3.8) is 0 Å². The quantitative estimate of drug-likeness (QED) is 0.839. The van der Waals surface area contributed by atoms with Crippen LogP contribution >= 0.6 is 23.2 Å². The smallest absolute Gasteiger partial charge is 0.319 e. The molecule has 2 N–H and O–H groups in total. The predicted molar refractivity (Wildman–Crippen MR) is 91.9 cm³/mol. The summed E-state index contributed by atoms with van der Waals surface area (Å²) >= 11 is 12.0. The van der Waals surface area contributed by atoms with E-state index in [1.54, 1.807) is 44.6 Å². The van der Waals surface area contributed by atoms with E-state index in [1.807, 2.05) is 6.07 Å². The summed E-state index contributed by atoms with van der Waals surface area (Å²) < 4.78 is 10.4. The SMILES string of the molecule is COc1ccc(CNC(=O)Nc2c(Cl)cccc2Cl)cc1OC. The third-order valence-electron chi connectivity index (χ3n) is 3.10. The highest BCUT2D eigenvalue weighted by Crippen LogP contribution is 2.30. The molecule has 5 nitrogen and oxygen atoms in total. The van der Waals surface area contributed by atoms with Crippen molar-refractivity contribution < 1.29 is 14.3 Å². The number of carbonyl (C=O) groups is 1. The summed E-state index contributed by atoms with van der Waals surface area (Å²) in [5.74, 6) is 1.23. The van der Waals surface area contributed by atoms with E-state index in [1.165, 1.54) is 0 Å². The molecule has 2 aromatic carbocycles. The van der Waals surface area contributed by atoms with Crippen LogP contribution < -0.4 is 20.1 Å². The van der Waals surface area contributed by atoms with E-state index in [9.17, 15) is 4.79 Å². The number of hydrogen-bond donors (Lipinski definition) is 2. The van der Waals surface area contributed by atoms with Crippen LogP contribution in [0.1, 0.15) is 5.56 Å². The lowest BCUT2D eigenvalue weighted by molar-refractivity contribution is 0.251. The van der Waals surface area contributed by atoms with Gasteiger partial charge in [0.1, 0.15) is 0 Å². The second-order valence-electron chi connectivity index (χ2n) is 4.59. The lowest BCUT2D eigenvalue weighted by atomic mass is 10.2. The number of para-hydroxylation sites is 1. The molecule has 23 heavy (non-hydrogen) atoms. The number of hydrogen-bond acceptors (Lipinski definition) is 3. The predicted octanol–water partition coefficient (Wildman–Crippen LogP) is 4.33. The number of amides is 2. The van der Waals surface area contributed by atoms with E-state index >= 15 is 0 Å². The van der Waals surface area contributed by atoms with Gasteiger partial charge in [-0.1, -0.05) is 35.3 Å². The van der Waals surface area contributed by atoms with Crippen molar-refractivity contribution in [2.75, 3.05) is 19.5 Å². The van der Waals surface area contributed by atoms with Crippen LogP contribution in [0.3, 0.4) is 0 Å². The minimum atomic E-state index is -0.408.